The molecule has 2 atom stereocenters. The molecule has 2 aromatic rings. The van der Waals surface area contributed by atoms with Crippen molar-refractivity contribution < 1.29 is 26.8 Å². The van der Waals surface area contributed by atoms with Gasteiger partial charge in [-0.25, -0.2) is 17.2 Å². The highest BCUT2D eigenvalue weighted by Crippen LogP contribution is 2.25. The van der Waals surface area contributed by atoms with E-state index in [1.807, 2.05) is 13.8 Å². The first-order valence-electron chi connectivity index (χ1n) is 11.7. The van der Waals surface area contributed by atoms with E-state index >= 15 is 0 Å². The molecule has 0 aromatic heterocycles. The Labute approximate surface area is 226 Å². The zero-order valence-electron chi connectivity index (χ0n) is 21.1. The lowest BCUT2D eigenvalue weighted by molar-refractivity contribution is -0.140. The van der Waals surface area contributed by atoms with Crippen LogP contribution in [0.2, 0.25) is 10.0 Å². The van der Waals surface area contributed by atoms with Gasteiger partial charge in [-0.3, -0.25) is 13.9 Å². The fourth-order valence-corrected chi connectivity index (χ4v) is 4.95. The molecule has 0 spiro atoms. The number of anilines is 1. The minimum Gasteiger partial charge on any atom is -0.352 e. The number of carbonyl (C=O) groups excluding carboxylic acids is 2. The number of hydrogen-bond donors (Lipinski definition) is 1. The van der Waals surface area contributed by atoms with E-state index in [1.54, 1.807) is 19.1 Å². The number of hydrogen-bond acceptors (Lipinski definition) is 4. The number of nitrogens with zero attached hydrogens (tertiary/aromatic N) is 2. The minimum atomic E-state index is -3.84. The van der Waals surface area contributed by atoms with E-state index in [0.717, 1.165) is 28.8 Å². The number of amides is 2. The molecular formula is C25H31Cl2F2N3O4S. The molecule has 0 saturated heterocycles. The third kappa shape index (κ3) is 8.83. The Balaban J connectivity index is 2.23. The van der Waals surface area contributed by atoms with Gasteiger partial charge in [-0.2, -0.15) is 0 Å². The van der Waals surface area contributed by atoms with E-state index in [-0.39, 0.29) is 43.6 Å². The number of halogens is 4. The summed E-state index contributed by atoms with van der Waals surface area (Å²) in [6.45, 7) is 5.25. The quantitative estimate of drug-likeness (QED) is 0.378. The summed E-state index contributed by atoms with van der Waals surface area (Å²) in [6.07, 6.45) is 1.60. The Morgan fingerprint density at radius 1 is 1.05 bits per heavy atom. The van der Waals surface area contributed by atoms with Crippen molar-refractivity contribution in [1.82, 2.24) is 10.2 Å². The first kappa shape index (κ1) is 30.8. The van der Waals surface area contributed by atoms with Gasteiger partial charge in [0.1, 0.15) is 6.04 Å². The fourth-order valence-electron chi connectivity index (χ4n) is 3.53. The minimum absolute atomic E-state index is 0.0306. The Morgan fingerprint density at radius 3 is 2.30 bits per heavy atom. The van der Waals surface area contributed by atoms with Crippen LogP contribution in [-0.2, 0) is 26.2 Å². The molecule has 0 fully saturated rings. The van der Waals surface area contributed by atoms with E-state index in [1.165, 1.54) is 11.0 Å². The lowest BCUT2D eigenvalue weighted by atomic mass is 10.1. The molecule has 12 heteroatoms. The van der Waals surface area contributed by atoms with E-state index in [4.69, 9.17) is 23.2 Å². The summed E-state index contributed by atoms with van der Waals surface area (Å²) in [7, 11) is -3.84. The third-order valence-corrected chi connectivity index (χ3v) is 7.65. The maximum atomic E-state index is 13.7. The molecule has 0 unspecified atom stereocenters. The van der Waals surface area contributed by atoms with Crippen LogP contribution >= 0.6 is 23.2 Å². The summed E-state index contributed by atoms with van der Waals surface area (Å²) < 4.78 is 52.6. The molecule has 0 aliphatic carbocycles. The second-order valence-corrected chi connectivity index (χ2v) is 11.5. The molecule has 0 aliphatic rings. The van der Waals surface area contributed by atoms with Gasteiger partial charge in [0.05, 0.1) is 11.9 Å². The molecular weight excluding hydrogens is 547 g/mol. The van der Waals surface area contributed by atoms with Crippen LogP contribution in [0.25, 0.3) is 0 Å². The van der Waals surface area contributed by atoms with Gasteiger partial charge in [0.25, 0.3) is 0 Å². The maximum Gasteiger partial charge on any atom is 0.242 e. The normalized spacial score (nSPS) is 13.1. The van der Waals surface area contributed by atoms with Gasteiger partial charge in [-0.05, 0) is 56.5 Å². The van der Waals surface area contributed by atoms with Crippen molar-refractivity contribution >= 4 is 50.7 Å². The smallest absolute Gasteiger partial charge is 0.242 e. The Hall–Kier alpha value is -2.43. The van der Waals surface area contributed by atoms with Crippen molar-refractivity contribution in [1.29, 1.82) is 0 Å². The average molecular weight is 579 g/mol. The molecule has 7 nitrogen and oxygen atoms in total. The van der Waals surface area contributed by atoms with E-state index in [9.17, 15) is 26.8 Å². The Bertz CT molecular complexity index is 1230. The standard InChI is InChI=1S/C25H31Cl2F2N3O4S/c1-5-16(2)30-25(34)17(3)31(15-18-8-9-19(26)13-21(18)27)24(33)7-6-12-32(37(4,35)36)20-10-11-22(28)23(29)14-20/h8-11,13-14,16-17H,5-7,12,15H2,1-4H3,(H,30,34)/t16-,17+/m0/s1. The summed E-state index contributed by atoms with van der Waals surface area (Å²) in [5, 5.41) is 3.62. The van der Waals surface area contributed by atoms with Crippen LogP contribution < -0.4 is 9.62 Å². The van der Waals surface area contributed by atoms with Crippen LogP contribution in [0.3, 0.4) is 0 Å². The molecule has 2 rings (SSSR count). The van der Waals surface area contributed by atoms with Crippen molar-refractivity contribution in [3.8, 4) is 0 Å². The highest BCUT2D eigenvalue weighted by atomic mass is 35.5. The summed E-state index contributed by atoms with van der Waals surface area (Å²) in [6, 6.07) is 6.67. The topological polar surface area (TPSA) is 86.8 Å². The van der Waals surface area contributed by atoms with Gasteiger partial charge in [-0.15, -0.1) is 0 Å². The summed E-state index contributed by atoms with van der Waals surface area (Å²) in [5.74, 6) is -3.04. The van der Waals surface area contributed by atoms with Gasteiger partial charge in [0.2, 0.25) is 21.8 Å². The highest BCUT2D eigenvalue weighted by molar-refractivity contribution is 7.92. The number of nitrogens with one attached hydrogen (secondary N) is 1. The Kier molecular flexibility index (Phi) is 11.1. The number of benzene rings is 2. The second kappa shape index (κ2) is 13.4. The van der Waals surface area contributed by atoms with Crippen molar-refractivity contribution in [2.24, 2.45) is 0 Å². The van der Waals surface area contributed by atoms with Crippen LogP contribution in [0.1, 0.15) is 45.6 Å². The van der Waals surface area contributed by atoms with Gasteiger partial charge < -0.3 is 10.2 Å². The predicted molar refractivity (Wildman–Crippen MR) is 142 cm³/mol. The van der Waals surface area contributed by atoms with Crippen LogP contribution in [-0.4, -0.2) is 50.0 Å². The van der Waals surface area contributed by atoms with Gasteiger partial charge >= 0.3 is 0 Å². The van der Waals surface area contributed by atoms with Crippen molar-refractivity contribution in [3.63, 3.8) is 0 Å². The molecule has 0 aliphatic heterocycles. The summed E-state index contributed by atoms with van der Waals surface area (Å²) >= 11 is 12.3. The van der Waals surface area contributed by atoms with Crippen molar-refractivity contribution in [2.75, 3.05) is 17.1 Å². The van der Waals surface area contributed by atoms with Gasteiger partial charge in [-0.1, -0.05) is 36.2 Å². The average Bonchev–Trinajstić information content (AvgIpc) is 2.81. The molecule has 0 radical (unpaired) electrons. The van der Waals surface area contributed by atoms with Crippen LogP contribution in [0.15, 0.2) is 36.4 Å². The van der Waals surface area contributed by atoms with Crippen LogP contribution in [0.4, 0.5) is 14.5 Å². The summed E-state index contributed by atoms with van der Waals surface area (Å²) in [4.78, 5) is 27.5. The van der Waals surface area contributed by atoms with E-state index in [2.05, 4.69) is 5.32 Å². The molecule has 204 valence electrons. The lowest BCUT2D eigenvalue weighted by Crippen LogP contribution is -2.49. The first-order chi connectivity index (χ1) is 17.2. The Morgan fingerprint density at radius 2 is 1.73 bits per heavy atom. The molecule has 0 saturated carbocycles. The number of rotatable bonds is 12. The molecule has 0 heterocycles. The van der Waals surface area contributed by atoms with Gasteiger partial charge in [0, 0.05) is 41.7 Å². The zero-order valence-corrected chi connectivity index (χ0v) is 23.4. The number of carbonyl (C=O) groups is 2. The first-order valence-corrected chi connectivity index (χ1v) is 14.3. The molecule has 2 aromatic carbocycles. The molecule has 37 heavy (non-hydrogen) atoms. The SMILES string of the molecule is CC[C@H](C)NC(=O)[C@@H](C)N(Cc1ccc(Cl)cc1Cl)C(=O)CCCN(c1ccc(F)c(F)c1)S(C)(=O)=O. The van der Waals surface area contributed by atoms with Crippen molar-refractivity contribution in [2.45, 2.75) is 58.7 Å². The zero-order chi connectivity index (χ0) is 27.9. The fraction of sp³-hybridized carbons (Fsp3) is 0.440. The van der Waals surface area contributed by atoms with E-state index < -0.39 is 33.6 Å². The van der Waals surface area contributed by atoms with Crippen LogP contribution in [0.5, 0.6) is 0 Å². The monoisotopic (exact) mass is 577 g/mol. The predicted octanol–water partition coefficient (Wildman–Crippen LogP) is 5.15. The number of sulfonamides is 1. The third-order valence-electron chi connectivity index (χ3n) is 5.87. The maximum absolute atomic E-state index is 13.7. The van der Waals surface area contributed by atoms with Gasteiger partial charge in [0.15, 0.2) is 11.6 Å². The largest absolute Gasteiger partial charge is 0.352 e. The lowest BCUT2D eigenvalue weighted by Gasteiger charge is -2.30. The van der Waals surface area contributed by atoms with Crippen LogP contribution in [0, 0.1) is 11.6 Å². The van der Waals surface area contributed by atoms with Crippen molar-refractivity contribution in [3.05, 3.63) is 63.6 Å². The second-order valence-electron chi connectivity index (χ2n) is 8.79. The van der Waals surface area contributed by atoms with E-state index in [0.29, 0.717) is 22.0 Å². The molecule has 2 amide bonds. The molecule has 0 bridgehead atoms. The summed E-state index contributed by atoms with van der Waals surface area (Å²) in [5.41, 5.74) is 0.530. The highest BCUT2D eigenvalue weighted by Gasteiger charge is 2.28. The molecule has 1 N–H and O–H groups in total.